The lowest BCUT2D eigenvalue weighted by Gasteiger charge is -2.22. The van der Waals surface area contributed by atoms with Gasteiger partial charge in [-0.1, -0.05) is 35.5 Å². The second-order valence-corrected chi connectivity index (χ2v) is 7.45. The summed E-state index contributed by atoms with van der Waals surface area (Å²) in [4.78, 5) is 26.9. The third kappa shape index (κ3) is 4.20. The van der Waals surface area contributed by atoms with Gasteiger partial charge < -0.3 is 20.1 Å². The van der Waals surface area contributed by atoms with E-state index in [0.717, 1.165) is 35.5 Å². The van der Waals surface area contributed by atoms with Crippen molar-refractivity contribution in [1.82, 2.24) is 5.16 Å². The first-order valence-electron chi connectivity index (χ1n) is 9.98. The minimum Gasteiger partial charge on any atom is -0.370 e. The van der Waals surface area contributed by atoms with E-state index in [1.54, 1.807) is 13.0 Å². The first-order chi connectivity index (χ1) is 14.5. The van der Waals surface area contributed by atoms with Gasteiger partial charge in [-0.2, -0.15) is 0 Å². The first-order valence-corrected chi connectivity index (χ1v) is 9.98. The molecule has 0 radical (unpaired) electrons. The van der Waals surface area contributed by atoms with Gasteiger partial charge in [-0.15, -0.1) is 0 Å². The molecule has 3 aromatic rings. The van der Waals surface area contributed by atoms with Crippen molar-refractivity contribution in [1.29, 1.82) is 0 Å². The minimum absolute atomic E-state index is 0.156. The van der Waals surface area contributed by atoms with E-state index >= 15 is 0 Å². The number of carbonyl (C=O) groups excluding carboxylic acids is 2. The molecular weight excluding hydrogens is 380 g/mol. The van der Waals surface area contributed by atoms with Crippen molar-refractivity contribution in [3.05, 3.63) is 71.5 Å². The van der Waals surface area contributed by atoms with E-state index in [0.29, 0.717) is 18.0 Å². The van der Waals surface area contributed by atoms with Gasteiger partial charge >= 0.3 is 0 Å². The summed E-state index contributed by atoms with van der Waals surface area (Å²) in [6.45, 7) is 4.49. The number of nitrogens with one attached hydrogen (secondary N) is 2. The van der Waals surface area contributed by atoms with Crippen molar-refractivity contribution in [2.24, 2.45) is 0 Å². The molecule has 1 aliphatic heterocycles. The Morgan fingerprint density at radius 3 is 2.57 bits per heavy atom. The van der Waals surface area contributed by atoms with E-state index in [-0.39, 0.29) is 11.8 Å². The summed E-state index contributed by atoms with van der Waals surface area (Å²) in [7, 11) is 0. The molecule has 2 aromatic carbocycles. The van der Waals surface area contributed by atoms with Crippen LogP contribution in [0.5, 0.6) is 0 Å². The lowest BCUT2D eigenvalue weighted by atomic mass is 10.0. The molecule has 30 heavy (non-hydrogen) atoms. The third-order valence-corrected chi connectivity index (χ3v) is 5.15. The van der Waals surface area contributed by atoms with E-state index in [4.69, 9.17) is 4.52 Å². The number of hydrogen-bond donors (Lipinski definition) is 2. The lowest BCUT2D eigenvalue weighted by molar-refractivity contribution is -0.117. The number of rotatable bonds is 6. The molecule has 1 atom stereocenters. The van der Waals surface area contributed by atoms with Crippen molar-refractivity contribution in [2.75, 3.05) is 22.1 Å². The lowest BCUT2D eigenvalue weighted by Crippen LogP contribution is -2.27. The summed E-state index contributed by atoms with van der Waals surface area (Å²) in [5, 5.41) is 9.96. The molecule has 0 saturated carbocycles. The van der Waals surface area contributed by atoms with Crippen LogP contribution in [0.3, 0.4) is 0 Å². The van der Waals surface area contributed by atoms with Crippen molar-refractivity contribution in [3.63, 3.8) is 0 Å². The zero-order valence-electron chi connectivity index (χ0n) is 17.0. The third-order valence-electron chi connectivity index (χ3n) is 5.15. The van der Waals surface area contributed by atoms with E-state index in [1.165, 1.54) is 0 Å². The summed E-state index contributed by atoms with van der Waals surface area (Å²) in [5.74, 6) is 0.908. The van der Waals surface area contributed by atoms with Crippen molar-refractivity contribution in [3.8, 4) is 0 Å². The molecule has 1 saturated heterocycles. The van der Waals surface area contributed by atoms with Gasteiger partial charge in [0.2, 0.25) is 5.91 Å². The molecule has 2 amide bonds. The zero-order valence-corrected chi connectivity index (χ0v) is 17.0. The summed E-state index contributed by atoms with van der Waals surface area (Å²) >= 11 is 0. The molecule has 0 bridgehead atoms. The fraction of sp³-hybridized carbons (Fsp3) is 0.261. The van der Waals surface area contributed by atoms with Gasteiger partial charge in [0.25, 0.3) is 5.91 Å². The molecule has 0 spiro atoms. The topological polar surface area (TPSA) is 87.5 Å². The zero-order chi connectivity index (χ0) is 21.1. The highest BCUT2D eigenvalue weighted by Gasteiger charge is 2.24. The predicted molar refractivity (Wildman–Crippen MR) is 115 cm³/mol. The Kier molecular flexibility index (Phi) is 5.52. The number of benzene rings is 2. The maximum absolute atomic E-state index is 13.0. The summed E-state index contributed by atoms with van der Waals surface area (Å²) < 4.78 is 5.04. The molecule has 0 aliphatic carbocycles. The van der Waals surface area contributed by atoms with Crippen LogP contribution in [0.2, 0.25) is 0 Å². The quantitative estimate of drug-likeness (QED) is 0.643. The highest BCUT2D eigenvalue weighted by molar-refractivity contribution is 5.97. The standard InChI is InChI=1S/C23H24N4O3/c1-15-13-18(10-11-19(15)27-12-6-9-21(27)28)24-22(17-7-4-3-5-8-17)23(29)25-20-14-16(2)30-26-20/h3-5,7-8,10-11,13-14,22,24H,6,9,12H2,1-2H3,(H,25,26,29)/t22-/m0/s1. The summed E-state index contributed by atoms with van der Waals surface area (Å²) in [5.41, 5.74) is 3.52. The number of aryl methyl sites for hydroxylation is 2. The Balaban J connectivity index is 1.58. The fourth-order valence-corrected chi connectivity index (χ4v) is 3.69. The number of carbonyl (C=O) groups is 2. The first kappa shape index (κ1) is 19.7. The minimum atomic E-state index is -0.623. The molecule has 1 aromatic heterocycles. The van der Waals surface area contributed by atoms with Crippen molar-refractivity contribution >= 4 is 29.0 Å². The molecule has 2 heterocycles. The number of hydrogen-bond acceptors (Lipinski definition) is 5. The van der Waals surface area contributed by atoms with Gasteiger partial charge in [-0.3, -0.25) is 9.59 Å². The SMILES string of the molecule is Cc1cc(NC(=O)[C@@H](Nc2ccc(N3CCCC3=O)c(C)c2)c2ccccc2)no1. The number of amides is 2. The van der Waals surface area contributed by atoms with Crippen molar-refractivity contribution < 1.29 is 14.1 Å². The molecule has 0 unspecified atom stereocenters. The van der Waals surface area contributed by atoms with Crippen LogP contribution in [0.15, 0.2) is 59.1 Å². The normalized spacial score (nSPS) is 14.6. The number of anilines is 3. The summed E-state index contributed by atoms with van der Waals surface area (Å²) in [6, 6.07) is 16.3. The Bertz CT molecular complexity index is 1060. The molecule has 7 nitrogen and oxygen atoms in total. The van der Waals surface area contributed by atoms with Gasteiger partial charge in [0.1, 0.15) is 11.8 Å². The summed E-state index contributed by atoms with van der Waals surface area (Å²) in [6.07, 6.45) is 1.48. The van der Waals surface area contributed by atoms with Crippen LogP contribution < -0.4 is 15.5 Å². The highest BCUT2D eigenvalue weighted by Crippen LogP contribution is 2.29. The fourth-order valence-electron chi connectivity index (χ4n) is 3.69. The molecule has 1 fully saturated rings. The average Bonchev–Trinajstić information content (AvgIpc) is 3.34. The molecule has 154 valence electrons. The Labute approximate surface area is 175 Å². The maximum Gasteiger partial charge on any atom is 0.252 e. The maximum atomic E-state index is 13.0. The Morgan fingerprint density at radius 1 is 1.13 bits per heavy atom. The van der Waals surface area contributed by atoms with Crippen LogP contribution in [0.25, 0.3) is 0 Å². The molecular formula is C23H24N4O3. The molecule has 7 heteroatoms. The van der Waals surface area contributed by atoms with Crippen LogP contribution in [0.4, 0.5) is 17.2 Å². The smallest absolute Gasteiger partial charge is 0.252 e. The molecule has 4 rings (SSSR count). The van der Waals surface area contributed by atoms with E-state index < -0.39 is 6.04 Å². The molecule has 2 N–H and O–H groups in total. The second-order valence-electron chi connectivity index (χ2n) is 7.45. The molecule has 1 aliphatic rings. The van der Waals surface area contributed by atoms with Crippen molar-refractivity contribution in [2.45, 2.75) is 32.7 Å². The Morgan fingerprint density at radius 2 is 1.93 bits per heavy atom. The Hall–Kier alpha value is -3.61. The van der Waals surface area contributed by atoms with Crippen LogP contribution in [0.1, 0.15) is 35.8 Å². The van der Waals surface area contributed by atoms with E-state index in [2.05, 4.69) is 15.8 Å². The number of nitrogens with zero attached hydrogens (tertiary/aromatic N) is 2. The monoisotopic (exact) mass is 404 g/mol. The van der Waals surface area contributed by atoms with Gasteiger partial charge in [0, 0.05) is 30.4 Å². The second kappa shape index (κ2) is 8.41. The van der Waals surface area contributed by atoms with Crippen LogP contribution in [-0.2, 0) is 9.59 Å². The van der Waals surface area contributed by atoms with Crippen LogP contribution >= 0.6 is 0 Å². The van der Waals surface area contributed by atoms with Gasteiger partial charge in [-0.05, 0) is 49.6 Å². The van der Waals surface area contributed by atoms with E-state index in [9.17, 15) is 9.59 Å². The van der Waals surface area contributed by atoms with Gasteiger partial charge in [0.05, 0.1) is 0 Å². The van der Waals surface area contributed by atoms with Crippen LogP contribution in [0, 0.1) is 13.8 Å². The highest BCUT2D eigenvalue weighted by atomic mass is 16.5. The van der Waals surface area contributed by atoms with Gasteiger partial charge in [-0.25, -0.2) is 0 Å². The van der Waals surface area contributed by atoms with Crippen LogP contribution in [-0.4, -0.2) is 23.5 Å². The number of aromatic nitrogens is 1. The predicted octanol–water partition coefficient (Wildman–Crippen LogP) is 4.21. The van der Waals surface area contributed by atoms with E-state index in [1.807, 2.05) is 60.4 Å². The largest absolute Gasteiger partial charge is 0.370 e. The average molecular weight is 404 g/mol. The van der Waals surface area contributed by atoms with Gasteiger partial charge in [0.15, 0.2) is 5.82 Å².